The minimum absolute atomic E-state index is 0.00949. The van der Waals surface area contributed by atoms with E-state index in [9.17, 15) is 9.59 Å². The highest BCUT2D eigenvalue weighted by Crippen LogP contribution is 2.27. The molecule has 1 amide bonds. The van der Waals surface area contributed by atoms with Crippen LogP contribution in [-0.2, 0) is 16.0 Å². The Morgan fingerprint density at radius 2 is 1.90 bits per heavy atom. The van der Waals surface area contributed by atoms with E-state index in [0.29, 0.717) is 17.1 Å². The first-order valence-electron chi connectivity index (χ1n) is 6.35. The molecule has 0 radical (unpaired) electrons. The number of rotatable bonds is 8. The quantitative estimate of drug-likeness (QED) is 0.633. The van der Waals surface area contributed by atoms with E-state index in [1.54, 1.807) is 18.2 Å². The average Bonchev–Trinajstić information content (AvgIpc) is 2.46. The Morgan fingerprint density at radius 3 is 2.43 bits per heavy atom. The number of carbonyl (C=O) groups is 2. The number of carbonyl (C=O) groups excluding carboxylic acids is 1. The minimum atomic E-state index is -1.18. The van der Waals surface area contributed by atoms with E-state index in [2.05, 4.69) is 5.32 Å². The molecular weight excluding hydrogens is 278 g/mol. The van der Waals surface area contributed by atoms with Gasteiger partial charge in [-0.1, -0.05) is 6.07 Å². The summed E-state index contributed by atoms with van der Waals surface area (Å²) in [5.41, 5.74) is 0.665. The molecule has 3 N–H and O–H groups in total. The van der Waals surface area contributed by atoms with Gasteiger partial charge in [-0.3, -0.25) is 4.79 Å². The fraction of sp³-hybridized carbons (Fsp3) is 0.429. The first-order valence-corrected chi connectivity index (χ1v) is 6.35. The van der Waals surface area contributed by atoms with Gasteiger partial charge in [0.25, 0.3) is 0 Å². The van der Waals surface area contributed by atoms with E-state index in [1.807, 2.05) is 0 Å². The van der Waals surface area contributed by atoms with E-state index in [-0.39, 0.29) is 19.4 Å². The number of nitrogens with one attached hydrogen (secondary N) is 1. The third-order valence-electron chi connectivity index (χ3n) is 2.86. The van der Waals surface area contributed by atoms with Gasteiger partial charge in [0, 0.05) is 13.0 Å². The van der Waals surface area contributed by atoms with Gasteiger partial charge in [0.05, 0.1) is 20.6 Å². The van der Waals surface area contributed by atoms with Crippen molar-refractivity contribution < 1.29 is 29.3 Å². The molecule has 7 nitrogen and oxygen atoms in total. The topological polar surface area (TPSA) is 105 Å². The molecule has 0 aliphatic carbocycles. The summed E-state index contributed by atoms with van der Waals surface area (Å²) in [6, 6.07) is 3.93. The molecule has 7 heteroatoms. The second-order valence-corrected chi connectivity index (χ2v) is 4.34. The first kappa shape index (κ1) is 16.8. The van der Waals surface area contributed by atoms with Crippen LogP contribution < -0.4 is 14.8 Å². The number of methoxy groups -OCH3 is 2. The summed E-state index contributed by atoms with van der Waals surface area (Å²) in [6.07, 6.45) is -0.0252. The minimum Gasteiger partial charge on any atom is -0.493 e. The lowest BCUT2D eigenvalue weighted by Gasteiger charge is -2.14. The SMILES string of the molecule is COc1ccc(CC(=O)N[C@H](CCO)C(=O)O)cc1OC. The Balaban J connectivity index is 2.72. The number of aliphatic hydroxyl groups is 1. The molecule has 1 rings (SSSR count). The fourth-order valence-corrected chi connectivity index (χ4v) is 1.81. The molecule has 0 spiro atoms. The monoisotopic (exact) mass is 297 g/mol. The number of carboxylic acids is 1. The van der Waals surface area contributed by atoms with E-state index in [1.165, 1.54) is 14.2 Å². The fourth-order valence-electron chi connectivity index (χ4n) is 1.81. The van der Waals surface area contributed by atoms with Crippen molar-refractivity contribution in [2.45, 2.75) is 18.9 Å². The summed E-state index contributed by atoms with van der Waals surface area (Å²) in [5.74, 6) is -0.578. The van der Waals surface area contributed by atoms with Crippen LogP contribution in [0.15, 0.2) is 18.2 Å². The van der Waals surface area contributed by atoms with Crippen molar-refractivity contribution in [2.24, 2.45) is 0 Å². The first-order chi connectivity index (χ1) is 10.0. The number of aliphatic hydroxyl groups excluding tert-OH is 1. The van der Waals surface area contributed by atoms with Crippen LogP contribution in [0.5, 0.6) is 11.5 Å². The Labute approximate surface area is 122 Å². The molecule has 0 heterocycles. The standard InChI is InChI=1S/C14H19NO6/c1-20-11-4-3-9(7-12(11)21-2)8-13(17)15-10(5-6-16)14(18)19/h3-4,7,10,16H,5-6,8H2,1-2H3,(H,15,17)(H,18,19)/t10-/m1/s1. The van der Waals surface area contributed by atoms with Crippen LogP contribution in [0.3, 0.4) is 0 Å². The number of amides is 1. The zero-order valence-corrected chi connectivity index (χ0v) is 12.0. The number of ether oxygens (including phenoxy) is 2. The summed E-state index contributed by atoms with van der Waals surface area (Å²) >= 11 is 0. The van der Waals surface area contributed by atoms with Gasteiger partial charge in [0.2, 0.25) is 5.91 Å². The van der Waals surface area contributed by atoms with Crippen molar-refractivity contribution >= 4 is 11.9 Å². The molecule has 0 aromatic heterocycles. The lowest BCUT2D eigenvalue weighted by atomic mass is 10.1. The van der Waals surface area contributed by atoms with E-state index < -0.39 is 17.9 Å². The van der Waals surface area contributed by atoms with Crippen LogP contribution in [0.2, 0.25) is 0 Å². The largest absolute Gasteiger partial charge is 0.493 e. The third-order valence-corrected chi connectivity index (χ3v) is 2.86. The zero-order chi connectivity index (χ0) is 15.8. The highest BCUT2D eigenvalue weighted by molar-refractivity contribution is 5.84. The Bertz CT molecular complexity index is 502. The molecule has 1 atom stereocenters. The second-order valence-electron chi connectivity index (χ2n) is 4.34. The maximum Gasteiger partial charge on any atom is 0.326 e. The normalized spacial score (nSPS) is 11.6. The molecule has 0 unspecified atom stereocenters. The van der Waals surface area contributed by atoms with Crippen LogP contribution >= 0.6 is 0 Å². The molecule has 21 heavy (non-hydrogen) atoms. The van der Waals surface area contributed by atoms with Gasteiger partial charge in [-0.15, -0.1) is 0 Å². The van der Waals surface area contributed by atoms with Gasteiger partial charge in [-0.2, -0.15) is 0 Å². The lowest BCUT2D eigenvalue weighted by molar-refractivity contribution is -0.142. The van der Waals surface area contributed by atoms with E-state index >= 15 is 0 Å². The third kappa shape index (κ3) is 4.96. The smallest absolute Gasteiger partial charge is 0.326 e. The number of hydrogen-bond acceptors (Lipinski definition) is 5. The maximum atomic E-state index is 11.8. The van der Waals surface area contributed by atoms with Crippen molar-refractivity contribution in [2.75, 3.05) is 20.8 Å². The van der Waals surface area contributed by atoms with Crippen molar-refractivity contribution in [3.63, 3.8) is 0 Å². The van der Waals surface area contributed by atoms with Crippen molar-refractivity contribution in [3.05, 3.63) is 23.8 Å². The predicted octanol–water partition coefficient (Wildman–Crippen LogP) is 0.198. The molecule has 0 saturated heterocycles. The Morgan fingerprint density at radius 1 is 1.24 bits per heavy atom. The summed E-state index contributed by atoms with van der Waals surface area (Å²) in [6.45, 7) is -0.312. The molecule has 0 aliphatic rings. The van der Waals surface area contributed by atoms with Crippen LogP contribution in [0, 0.1) is 0 Å². The molecule has 116 valence electrons. The second kappa shape index (κ2) is 8.11. The van der Waals surface area contributed by atoms with Crippen LogP contribution in [0.25, 0.3) is 0 Å². The highest BCUT2D eigenvalue weighted by Gasteiger charge is 2.19. The summed E-state index contributed by atoms with van der Waals surface area (Å²) < 4.78 is 10.2. The number of benzene rings is 1. The molecule has 0 fully saturated rings. The number of aliphatic carboxylic acids is 1. The van der Waals surface area contributed by atoms with Crippen molar-refractivity contribution in [1.29, 1.82) is 0 Å². The Hall–Kier alpha value is -2.28. The average molecular weight is 297 g/mol. The van der Waals surface area contributed by atoms with Gasteiger partial charge in [-0.25, -0.2) is 4.79 Å². The van der Waals surface area contributed by atoms with Gasteiger partial charge in [0.15, 0.2) is 11.5 Å². The van der Waals surface area contributed by atoms with E-state index in [4.69, 9.17) is 19.7 Å². The molecule has 1 aromatic rings. The van der Waals surface area contributed by atoms with E-state index in [0.717, 1.165) is 0 Å². The lowest BCUT2D eigenvalue weighted by Crippen LogP contribution is -2.42. The molecular formula is C14H19NO6. The summed E-state index contributed by atoms with van der Waals surface area (Å²) in [5, 5.41) is 20.0. The summed E-state index contributed by atoms with van der Waals surface area (Å²) in [4.78, 5) is 22.7. The van der Waals surface area contributed by atoms with Crippen molar-refractivity contribution in [1.82, 2.24) is 5.32 Å². The molecule has 0 bridgehead atoms. The molecule has 1 aromatic carbocycles. The molecule has 0 saturated carbocycles. The van der Waals surface area contributed by atoms with Crippen LogP contribution in [-0.4, -0.2) is 49.0 Å². The van der Waals surface area contributed by atoms with Gasteiger partial charge in [0.1, 0.15) is 6.04 Å². The van der Waals surface area contributed by atoms with Gasteiger partial charge < -0.3 is 25.0 Å². The number of carboxylic acid groups (broad SMARTS) is 1. The van der Waals surface area contributed by atoms with Gasteiger partial charge in [-0.05, 0) is 17.7 Å². The summed E-state index contributed by atoms with van der Waals surface area (Å²) in [7, 11) is 3.00. The Kier molecular flexibility index (Phi) is 6.48. The highest BCUT2D eigenvalue weighted by atomic mass is 16.5. The maximum absolute atomic E-state index is 11.8. The van der Waals surface area contributed by atoms with Crippen LogP contribution in [0.4, 0.5) is 0 Å². The molecule has 0 aliphatic heterocycles. The van der Waals surface area contributed by atoms with Crippen LogP contribution in [0.1, 0.15) is 12.0 Å². The zero-order valence-electron chi connectivity index (χ0n) is 12.0. The predicted molar refractivity (Wildman–Crippen MR) is 74.5 cm³/mol. The van der Waals surface area contributed by atoms with Gasteiger partial charge >= 0.3 is 5.97 Å². The number of hydrogen-bond donors (Lipinski definition) is 3. The van der Waals surface area contributed by atoms with Crippen molar-refractivity contribution in [3.8, 4) is 11.5 Å².